The Bertz CT molecular complexity index is 693. The quantitative estimate of drug-likeness (QED) is 0.873. The summed E-state index contributed by atoms with van der Waals surface area (Å²) in [5.74, 6) is -0.322. The fourth-order valence-corrected chi connectivity index (χ4v) is 2.80. The summed E-state index contributed by atoms with van der Waals surface area (Å²) in [5, 5.41) is 3.32. The Morgan fingerprint density at radius 2 is 1.81 bits per heavy atom. The van der Waals surface area contributed by atoms with E-state index in [0.717, 1.165) is 22.4 Å². The highest BCUT2D eigenvalue weighted by atomic mass is 16.5. The Hall–Kier alpha value is -2.55. The van der Waals surface area contributed by atoms with Crippen LogP contribution in [-0.2, 0) is 15.1 Å². The normalized spacial score (nSPS) is 19.8. The van der Waals surface area contributed by atoms with Crippen molar-refractivity contribution >= 4 is 17.2 Å². The van der Waals surface area contributed by atoms with Gasteiger partial charge in [-0.2, -0.15) is 0 Å². The van der Waals surface area contributed by atoms with Crippen molar-refractivity contribution < 1.29 is 9.53 Å². The number of hydrogen-bond donors (Lipinski definition) is 1. The average molecular weight is 279 g/mol. The van der Waals surface area contributed by atoms with Crippen molar-refractivity contribution in [2.75, 3.05) is 11.9 Å². The lowest BCUT2D eigenvalue weighted by Crippen LogP contribution is -2.42. The van der Waals surface area contributed by atoms with Crippen molar-refractivity contribution in [1.29, 1.82) is 0 Å². The first-order valence-electron chi connectivity index (χ1n) is 7.00. The van der Waals surface area contributed by atoms with Gasteiger partial charge < -0.3 is 10.1 Å². The van der Waals surface area contributed by atoms with Crippen molar-refractivity contribution in [1.82, 2.24) is 0 Å². The van der Waals surface area contributed by atoms with E-state index in [1.807, 2.05) is 54.6 Å². The van der Waals surface area contributed by atoms with Gasteiger partial charge >= 0.3 is 5.97 Å². The van der Waals surface area contributed by atoms with Crippen LogP contribution in [0.4, 0.5) is 5.69 Å². The van der Waals surface area contributed by atoms with E-state index < -0.39 is 5.54 Å². The average Bonchev–Trinajstić information content (AvgIpc) is 2.83. The van der Waals surface area contributed by atoms with Gasteiger partial charge in [-0.05, 0) is 24.1 Å². The monoisotopic (exact) mass is 279 g/mol. The molecule has 2 aromatic rings. The van der Waals surface area contributed by atoms with E-state index in [1.165, 1.54) is 0 Å². The number of ether oxygens (including phenoxy) is 1. The van der Waals surface area contributed by atoms with Gasteiger partial charge in [0.15, 0.2) is 5.54 Å². The maximum absolute atomic E-state index is 12.7. The number of hydrogen-bond acceptors (Lipinski definition) is 3. The lowest BCUT2D eigenvalue weighted by Gasteiger charge is -2.29. The van der Waals surface area contributed by atoms with Gasteiger partial charge in [0.2, 0.25) is 0 Å². The minimum atomic E-state index is -1.04. The summed E-state index contributed by atoms with van der Waals surface area (Å²) in [6.07, 6.45) is 0. The summed E-state index contributed by atoms with van der Waals surface area (Å²) in [7, 11) is 0. The molecule has 1 N–H and O–H groups in total. The van der Waals surface area contributed by atoms with E-state index in [4.69, 9.17) is 4.74 Å². The van der Waals surface area contributed by atoms with Crippen LogP contribution in [0.2, 0.25) is 0 Å². The van der Waals surface area contributed by atoms with Gasteiger partial charge in [-0.1, -0.05) is 55.1 Å². The number of para-hydroxylation sites is 1. The highest BCUT2D eigenvalue weighted by Gasteiger charge is 2.49. The molecule has 1 atom stereocenters. The minimum absolute atomic E-state index is 0.322. The van der Waals surface area contributed by atoms with Crippen LogP contribution in [0.3, 0.4) is 0 Å². The Balaban J connectivity index is 2.17. The molecule has 3 nitrogen and oxygen atoms in total. The summed E-state index contributed by atoms with van der Waals surface area (Å²) in [6.45, 7) is 6.30. The van der Waals surface area contributed by atoms with Crippen LogP contribution >= 0.6 is 0 Å². The van der Waals surface area contributed by atoms with E-state index in [9.17, 15) is 4.79 Å². The SMILES string of the molecule is C=C1c2ccccc2NC1(C(=O)OCC)c1ccccc1. The molecule has 1 heterocycles. The van der Waals surface area contributed by atoms with Gasteiger partial charge in [-0.25, -0.2) is 4.79 Å². The number of nitrogens with one attached hydrogen (secondary N) is 1. The van der Waals surface area contributed by atoms with Gasteiger partial charge in [0, 0.05) is 11.3 Å². The number of rotatable bonds is 3. The Morgan fingerprint density at radius 1 is 1.14 bits per heavy atom. The van der Waals surface area contributed by atoms with Crippen LogP contribution in [0.25, 0.3) is 5.57 Å². The number of esters is 1. The Kier molecular flexibility index (Phi) is 3.26. The molecule has 0 bridgehead atoms. The number of carbonyl (C=O) groups excluding carboxylic acids is 1. The molecule has 1 aliphatic heterocycles. The highest BCUT2D eigenvalue weighted by molar-refractivity contribution is 6.07. The molecule has 0 radical (unpaired) electrons. The molecule has 1 aliphatic rings. The van der Waals surface area contributed by atoms with Gasteiger partial charge in [0.25, 0.3) is 0 Å². The van der Waals surface area contributed by atoms with Crippen molar-refractivity contribution in [3.63, 3.8) is 0 Å². The lowest BCUT2D eigenvalue weighted by atomic mass is 9.83. The molecule has 21 heavy (non-hydrogen) atoms. The highest BCUT2D eigenvalue weighted by Crippen LogP contribution is 2.47. The van der Waals surface area contributed by atoms with Crippen molar-refractivity contribution in [3.05, 3.63) is 72.3 Å². The third kappa shape index (κ3) is 1.93. The molecule has 0 spiro atoms. The summed E-state index contributed by atoms with van der Waals surface area (Å²) in [6, 6.07) is 17.4. The van der Waals surface area contributed by atoms with Crippen LogP contribution in [0.5, 0.6) is 0 Å². The lowest BCUT2D eigenvalue weighted by molar-refractivity contribution is -0.146. The van der Waals surface area contributed by atoms with Gasteiger partial charge in [0.05, 0.1) is 6.61 Å². The number of anilines is 1. The van der Waals surface area contributed by atoms with E-state index in [0.29, 0.717) is 6.61 Å². The zero-order valence-corrected chi connectivity index (χ0v) is 11.9. The first-order chi connectivity index (χ1) is 10.2. The van der Waals surface area contributed by atoms with Crippen molar-refractivity contribution in [2.24, 2.45) is 0 Å². The van der Waals surface area contributed by atoms with Crippen LogP contribution in [0, 0.1) is 0 Å². The first kappa shape index (κ1) is 13.4. The zero-order chi connectivity index (χ0) is 14.9. The molecule has 106 valence electrons. The van der Waals surface area contributed by atoms with Crippen molar-refractivity contribution in [2.45, 2.75) is 12.5 Å². The molecule has 0 amide bonds. The molecular formula is C18H17NO2. The van der Waals surface area contributed by atoms with Crippen LogP contribution in [-0.4, -0.2) is 12.6 Å². The molecule has 3 heteroatoms. The topological polar surface area (TPSA) is 38.3 Å². The van der Waals surface area contributed by atoms with E-state index in [1.54, 1.807) is 6.92 Å². The van der Waals surface area contributed by atoms with E-state index in [2.05, 4.69) is 11.9 Å². The zero-order valence-electron chi connectivity index (χ0n) is 11.9. The van der Waals surface area contributed by atoms with Crippen LogP contribution in [0.15, 0.2) is 61.2 Å². The second kappa shape index (κ2) is 5.09. The number of carbonyl (C=O) groups is 1. The van der Waals surface area contributed by atoms with Crippen LogP contribution < -0.4 is 5.32 Å². The molecule has 0 saturated heterocycles. The smallest absolute Gasteiger partial charge is 0.341 e. The fourth-order valence-electron chi connectivity index (χ4n) is 2.80. The minimum Gasteiger partial charge on any atom is -0.464 e. The maximum Gasteiger partial charge on any atom is 0.341 e. The predicted molar refractivity (Wildman–Crippen MR) is 83.9 cm³/mol. The largest absolute Gasteiger partial charge is 0.464 e. The predicted octanol–water partition coefficient (Wildman–Crippen LogP) is 3.58. The summed E-state index contributed by atoms with van der Waals surface area (Å²) in [4.78, 5) is 12.7. The maximum atomic E-state index is 12.7. The van der Waals surface area contributed by atoms with E-state index in [-0.39, 0.29) is 5.97 Å². The Labute approximate surface area is 124 Å². The van der Waals surface area contributed by atoms with Crippen molar-refractivity contribution in [3.8, 4) is 0 Å². The van der Waals surface area contributed by atoms with Gasteiger partial charge in [0.1, 0.15) is 0 Å². The molecule has 1 unspecified atom stereocenters. The number of fused-ring (bicyclic) bond motifs is 1. The molecule has 0 saturated carbocycles. The van der Waals surface area contributed by atoms with Gasteiger partial charge in [-0.15, -0.1) is 0 Å². The fraction of sp³-hybridized carbons (Fsp3) is 0.167. The Morgan fingerprint density at radius 3 is 2.48 bits per heavy atom. The van der Waals surface area contributed by atoms with Crippen LogP contribution in [0.1, 0.15) is 18.1 Å². The third-order valence-corrected chi connectivity index (χ3v) is 3.82. The van der Waals surface area contributed by atoms with E-state index >= 15 is 0 Å². The first-order valence-corrected chi connectivity index (χ1v) is 7.00. The molecule has 0 fully saturated rings. The third-order valence-electron chi connectivity index (χ3n) is 3.82. The summed E-state index contributed by atoms with van der Waals surface area (Å²) < 4.78 is 5.32. The second-order valence-electron chi connectivity index (χ2n) is 4.99. The molecule has 0 aliphatic carbocycles. The molecular weight excluding hydrogens is 262 g/mol. The summed E-state index contributed by atoms with van der Waals surface area (Å²) in [5.41, 5.74) is 2.38. The molecule has 2 aromatic carbocycles. The summed E-state index contributed by atoms with van der Waals surface area (Å²) >= 11 is 0. The second-order valence-corrected chi connectivity index (χ2v) is 4.99. The molecule has 3 rings (SSSR count). The standard InChI is InChI=1S/C18H17NO2/c1-3-21-17(20)18(14-9-5-4-6-10-14)13(2)15-11-7-8-12-16(15)19-18/h4-12,19H,2-3H2,1H3. The van der Waals surface area contributed by atoms with Gasteiger partial charge in [-0.3, -0.25) is 0 Å². The number of benzene rings is 2. The molecule has 0 aromatic heterocycles.